The van der Waals surface area contributed by atoms with Gasteiger partial charge in [-0.25, -0.2) is 0 Å². The zero-order valence-corrected chi connectivity index (χ0v) is 6.68. The molecule has 11 heavy (non-hydrogen) atoms. The van der Waals surface area contributed by atoms with Crippen LogP contribution in [-0.4, -0.2) is 36.3 Å². The maximum absolute atomic E-state index is 10.8. The van der Waals surface area contributed by atoms with Crippen LogP contribution in [0.1, 0.15) is 13.3 Å². The monoisotopic (exact) mass is 155 g/mol. The first kappa shape index (κ1) is 8.04. The number of rotatable bonds is 0. The fraction of sp³-hybridized carbons (Fsp3) is 0.714. The van der Waals surface area contributed by atoms with Crippen LogP contribution in [0.3, 0.4) is 0 Å². The average Bonchev–Trinajstić information content (AvgIpc) is 2.13. The van der Waals surface area contributed by atoms with Gasteiger partial charge >= 0.3 is 0 Å². The number of amidine groups is 1. The van der Waals surface area contributed by atoms with Crippen molar-refractivity contribution >= 4 is 11.7 Å². The molecule has 1 amide bonds. The maximum atomic E-state index is 10.8. The fourth-order valence-electron chi connectivity index (χ4n) is 1.10. The fourth-order valence-corrected chi connectivity index (χ4v) is 1.10. The molecule has 4 nitrogen and oxygen atoms in total. The summed E-state index contributed by atoms with van der Waals surface area (Å²) < 4.78 is 0. The summed E-state index contributed by atoms with van der Waals surface area (Å²) in [6, 6.07) is 0. The third-order valence-electron chi connectivity index (χ3n) is 1.79. The molecule has 0 atom stereocenters. The van der Waals surface area contributed by atoms with Crippen LogP contribution in [0.15, 0.2) is 0 Å². The van der Waals surface area contributed by atoms with E-state index in [2.05, 4.69) is 5.32 Å². The van der Waals surface area contributed by atoms with Crippen molar-refractivity contribution in [2.24, 2.45) is 0 Å². The van der Waals surface area contributed by atoms with Gasteiger partial charge in [0, 0.05) is 26.1 Å². The van der Waals surface area contributed by atoms with E-state index in [9.17, 15) is 4.79 Å². The first-order valence-corrected chi connectivity index (χ1v) is 3.77. The lowest BCUT2D eigenvalue weighted by atomic mass is 10.4. The molecule has 2 N–H and O–H groups in total. The summed E-state index contributed by atoms with van der Waals surface area (Å²) in [5.74, 6) is 0.634. The minimum atomic E-state index is 0.0914. The van der Waals surface area contributed by atoms with E-state index in [4.69, 9.17) is 5.41 Å². The normalized spacial score (nSPS) is 19.0. The van der Waals surface area contributed by atoms with Crippen molar-refractivity contribution in [3.8, 4) is 0 Å². The molecule has 1 fully saturated rings. The van der Waals surface area contributed by atoms with E-state index >= 15 is 0 Å². The van der Waals surface area contributed by atoms with E-state index < -0.39 is 0 Å². The lowest BCUT2D eigenvalue weighted by molar-refractivity contribution is -0.120. The Bertz CT molecular complexity index is 179. The number of nitrogens with zero attached hydrogens (tertiary/aromatic N) is 1. The predicted molar refractivity (Wildman–Crippen MR) is 42.6 cm³/mol. The van der Waals surface area contributed by atoms with Crippen LogP contribution in [0, 0.1) is 5.41 Å². The maximum Gasteiger partial charge on any atom is 0.221 e. The highest BCUT2D eigenvalue weighted by Crippen LogP contribution is 1.96. The smallest absolute Gasteiger partial charge is 0.221 e. The summed E-state index contributed by atoms with van der Waals surface area (Å²) in [5.41, 5.74) is 0. The molecular weight excluding hydrogens is 142 g/mol. The molecule has 0 bridgehead atoms. The second-order valence-corrected chi connectivity index (χ2v) is 2.67. The largest absolute Gasteiger partial charge is 0.359 e. The molecule has 0 aromatic rings. The Hall–Kier alpha value is -1.06. The van der Waals surface area contributed by atoms with Crippen molar-refractivity contribution in [1.82, 2.24) is 10.2 Å². The molecule has 0 aromatic heterocycles. The number of amides is 1. The molecule has 0 aromatic carbocycles. The van der Waals surface area contributed by atoms with Crippen molar-refractivity contribution in [2.45, 2.75) is 13.3 Å². The number of carbonyl (C=O) groups excluding carboxylic acids is 1. The van der Waals surface area contributed by atoms with E-state index in [0.29, 0.717) is 25.3 Å². The molecule has 1 aliphatic heterocycles. The molecule has 1 saturated heterocycles. The van der Waals surface area contributed by atoms with Gasteiger partial charge in [0.25, 0.3) is 0 Å². The second kappa shape index (κ2) is 3.37. The zero-order valence-electron chi connectivity index (χ0n) is 6.68. The lowest BCUT2D eigenvalue weighted by Crippen LogP contribution is -2.31. The number of nitrogens with one attached hydrogen (secondary N) is 2. The Morgan fingerprint density at radius 3 is 3.00 bits per heavy atom. The van der Waals surface area contributed by atoms with Gasteiger partial charge in [-0.15, -0.1) is 0 Å². The molecule has 1 rings (SSSR count). The van der Waals surface area contributed by atoms with Crippen molar-refractivity contribution in [2.75, 3.05) is 19.6 Å². The highest BCUT2D eigenvalue weighted by molar-refractivity contribution is 5.80. The van der Waals surface area contributed by atoms with Gasteiger partial charge < -0.3 is 10.2 Å². The van der Waals surface area contributed by atoms with Crippen molar-refractivity contribution in [3.05, 3.63) is 0 Å². The van der Waals surface area contributed by atoms with Crippen LogP contribution in [0.25, 0.3) is 0 Å². The van der Waals surface area contributed by atoms with Crippen molar-refractivity contribution < 1.29 is 4.79 Å². The molecule has 1 heterocycles. The molecule has 62 valence electrons. The summed E-state index contributed by atoms with van der Waals surface area (Å²) in [7, 11) is 0. The molecule has 1 aliphatic rings. The number of hydrogen-bond donors (Lipinski definition) is 2. The third-order valence-corrected chi connectivity index (χ3v) is 1.79. The Labute approximate surface area is 66.1 Å². The lowest BCUT2D eigenvalue weighted by Gasteiger charge is -2.19. The second-order valence-electron chi connectivity index (χ2n) is 2.67. The van der Waals surface area contributed by atoms with Gasteiger partial charge in [0.2, 0.25) is 5.91 Å². The minimum Gasteiger partial charge on any atom is -0.359 e. The summed E-state index contributed by atoms with van der Waals surface area (Å²) in [6.45, 7) is 3.85. The predicted octanol–water partition coefficient (Wildman–Crippen LogP) is -0.195. The van der Waals surface area contributed by atoms with Crippen LogP contribution in [-0.2, 0) is 4.79 Å². The van der Waals surface area contributed by atoms with Crippen LogP contribution in [0.4, 0.5) is 0 Å². The molecule has 0 aliphatic carbocycles. The van der Waals surface area contributed by atoms with Gasteiger partial charge in [0.05, 0.1) is 5.84 Å². The Kier molecular flexibility index (Phi) is 2.46. The highest BCUT2D eigenvalue weighted by Gasteiger charge is 2.12. The van der Waals surface area contributed by atoms with E-state index in [1.807, 2.05) is 4.90 Å². The summed E-state index contributed by atoms with van der Waals surface area (Å²) in [5, 5.41) is 10.1. The van der Waals surface area contributed by atoms with Gasteiger partial charge in [-0.2, -0.15) is 0 Å². The van der Waals surface area contributed by atoms with E-state index in [1.54, 1.807) is 6.92 Å². The third kappa shape index (κ3) is 2.22. The summed E-state index contributed by atoms with van der Waals surface area (Å²) >= 11 is 0. The molecule has 0 spiro atoms. The molecule has 0 radical (unpaired) electrons. The van der Waals surface area contributed by atoms with Gasteiger partial charge in [0.15, 0.2) is 0 Å². The quantitative estimate of drug-likeness (QED) is 0.376. The van der Waals surface area contributed by atoms with Gasteiger partial charge in [-0.1, -0.05) is 0 Å². The zero-order chi connectivity index (χ0) is 8.27. The molecule has 4 heteroatoms. The van der Waals surface area contributed by atoms with E-state index in [1.165, 1.54) is 0 Å². The Balaban J connectivity index is 2.46. The van der Waals surface area contributed by atoms with Gasteiger partial charge in [-0.05, 0) is 6.92 Å². The van der Waals surface area contributed by atoms with Crippen LogP contribution in [0.2, 0.25) is 0 Å². The van der Waals surface area contributed by atoms with Crippen molar-refractivity contribution in [3.63, 3.8) is 0 Å². The van der Waals surface area contributed by atoms with Gasteiger partial charge in [0.1, 0.15) is 0 Å². The van der Waals surface area contributed by atoms with Crippen LogP contribution in [0.5, 0.6) is 0 Å². The SMILES string of the molecule is CC(=N)N1CCNC(=O)CC1. The number of hydrogen-bond acceptors (Lipinski definition) is 2. The average molecular weight is 155 g/mol. The summed E-state index contributed by atoms with van der Waals surface area (Å²) in [6.07, 6.45) is 0.510. The van der Waals surface area contributed by atoms with Crippen molar-refractivity contribution in [1.29, 1.82) is 5.41 Å². The van der Waals surface area contributed by atoms with Gasteiger partial charge in [-0.3, -0.25) is 10.2 Å². The first-order valence-electron chi connectivity index (χ1n) is 3.77. The molecule has 0 saturated carbocycles. The molecule has 0 unspecified atom stereocenters. The summed E-state index contributed by atoms with van der Waals surface area (Å²) in [4.78, 5) is 12.7. The Morgan fingerprint density at radius 2 is 2.36 bits per heavy atom. The molecular formula is C7H13N3O. The van der Waals surface area contributed by atoms with E-state index in [0.717, 1.165) is 6.54 Å². The number of carbonyl (C=O) groups is 1. The van der Waals surface area contributed by atoms with E-state index in [-0.39, 0.29) is 5.91 Å². The van der Waals surface area contributed by atoms with Crippen LogP contribution < -0.4 is 5.32 Å². The standard InChI is InChI=1S/C7H13N3O/c1-6(8)10-4-2-7(11)9-3-5-10/h8H,2-5H2,1H3,(H,9,11). The highest BCUT2D eigenvalue weighted by atomic mass is 16.1. The Morgan fingerprint density at radius 1 is 1.64 bits per heavy atom. The van der Waals surface area contributed by atoms with Crippen LogP contribution >= 0.6 is 0 Å². The first-order chi connectivity index (χ1) is 5.20. The topological polar surface area (TPSA) is 56.2 Å². The minimum absolute atomic E-state index is 0.0914.